The summed E-state index contributed by atoms with van der Waals surface area (Å²) in [5.41, 5.74) is 8.60. The van der Waals surface area contributed by atoms with E-state index in [0.717, 1.165) is 12.8 Å². The zero-order valence-corrected chi connectivity index (χ0v) is 6.25. The van der Waals surface area contributed by atoms with Crippen molar-refractivity contribution in [3.05, 3.63) is 0 Å². The molecule has 0 radical (unpaired) electrons. The molecule has 0 saturated heterocycles. The van der Waals surface area contributed by atoms with Gasteiger partial charge in [0.15, 0.2) is 5.72 Å². The molecule has 0 aromatic carbocycles. The molecule has 10 heavy (non-hydrogen) atoms. The van der Waals surface area contributed by atoms with Crippen molar-refractivity contribution in [2.45, 2.75) is 38.1 Å². The first-order chi connectivity index (χ1) is 4.50. The average Bonchev–Trinajstić information content (AvgIpc) is 1.84. The molecule has 0 aliphatic rings. The molecule has 0 aromatic rings. The summed E-state index contributed by atoms with van der Waals surface area (Å²) in [7, 11) is 0. The molecule has 0 bridgehead atoms. The number of aliphatic hydroxyl groups is 2. The molecule has 4 nitrogen and oxygen atoms in total. The van der Waals surface area contributed by atoms with E-state index in [1.54, 1.807) is 0 Å². The largest absolute Gasteiger partial charge is 0.374 e. The van der Waals surface area contributed by atoms with Gasteiger partial charge in [-0.2, -0.15) is 0 Å². The van der Waals surface area contributed by atoms with E-state index in [1.807, 2.05) is 6.92 Å². The van der Waals surface area contributed by atoms with Crippen molar-refractivity contribution >= 4 is 0 Å². The second-order valence-electron chi connectivity index (χ2n) is 2.54. The third-order valence-electron chi connectivity index (χ3n) is 1.44. The van der Waals surface area contributed by atoms with Crippen LogP contribution in [0.5, 0.6) is 0 Å². The summed E-state index contributed by atoms with van der Waals surface area (Å²) in [6, 6.07) is 0. The highest BCUT2D eigenvalue weighted by Crippen LogP contribution is 2.08. The lowest BCUT2D eigenvalue weighted by molar-refractivity contribution is -0.0740. The molecule has 0 heterocycles. The lowest BCUT2D eigenvalue weighted by atomic mass is 10.1. The Morgan fingerprint density at radius 2 is 2.10 bits per heavy atom. The lowest BCUT2D eigenvalue weighted by Crippen LogP contribution is -2.55. The predicted molar refractivity (Wildman–Crippen MR) is 38.9 cm³/mol. The summed E-state index contributed by atoms with van der Waals surface area (Å²) in [5.74, 6) is 0. The Balaban J connectivity index is 3.63. The molecule has 2 unspecified atom stereocenters. The standard InChI is InChI=1S/C6H16N2O2/c1-2-3-4-6(8,10)5(7)9/h5,9-10H,2-4,7-8H2,1H3. The van der Waals surface area contributed by atoms with Crippen LogP contribution < -0.4 is 11.5 Å². The molecule has 0 spiro atoms. The third-order valence-corrected chi connectivity index (χ3v) is 1.44. The van der Waals surface area contributed by atoms with E-state index in [9.17, 15) is 0 Å². The van der Waals surface area contributed by atoms with Crippen LogP contribution in [0.2, 0.25) is 0 Å². The van der Waals surface area contributed by atoms with Gasteiger partial charge in [0.25, 0.3) is 0 Å². The van der Waals surface area contributed by atoms with Gasteiger partial charge in [-0.25, -0.2) is 0 Å². The number of hydrogen-bond donors (Lipinski definition) is 4. The molecular formula is C6H16N2O2. The van der Waals surface area contributed by atoms with Crippen LogP contribution in [-0.2, 0) is 0 Å². The van der Waals surface area contributed by atoms with Crippen LogP contribution in [0.25, 0.3) is 0 Å². The highest BCUT2D eigenvalue weighted by atomic mass is 16.4. The van der Waals surface area contributed by atoms with Crippen LogP contribution in [0.4, 0.5) is 0 Å². The van der Waals surface area contributed by atoms with Crippen molar-refractivity contribution in [1.29, 1.82) is 0 Å². The first kappa shape index (κ1) is 9.84. The molecular weight excluding hydrogens is 132 g/mol. The van der Waals surface area contributed by atoms with Crippen molar-refractivity contribution in [3.8, 4) is 0 Å². The maximum atomic E-state index is 9.13. The minimum absolute atomic E-state index is 0.334. The Morgan fingerprint density at radius 3 is 2.40 bits per heavy atom. The Bertz CT molecular complexity index is 93.7. The number of nitrogens with two attached hydrogens (primary N) is 2. The van der Waals surface area contributed by atoms with Gasteiger partial charge in [-0.3, -0.25) is 0 Å². The summed E-state index contributed by atoms with van der Waals surface area (Å²) < 4.78 is 0. The lowest BCUT2D eigenvalue weighted by Gasteiger charge is -2.25. The van der Waals surface area contributed by atoms with E-state index in [4.69, 9.17) is 21.7 Å². The molecule has 0 amide bonds. The van der Waals surface area contributed by atoms with Gasteiger partial charge in [0, 0.05) is 0 Å². The summed E-state index contributed by atoms with van der Waals surface area (Å²) in [4.78, 5) is 0. The van der Waals surface area contributed by atoms with Gasteiger partial charge in [-0.05, 0) is 12.8 Å². The molecule has 0 aliphatic carbocycles. The molecule has 2 atom stereocenters. The first-order valence-electron chi connectivity index (χ1n) is 3.45. The van der Waals surface area contributed by atoms with E-state index >= 15 is 0 Å². The van der Waals surface area contributed by atoms with Crippen molar-refractivity contribution in [1.82, 2.24) is 0 Å². The first-order valence-corrected chi connectivity index (χ1v) is 3.45. The molecule has 0 saturated carbocycles. The fourth-order valence-corrected chi connectivity index (χ4v) is 0.608. The molecule has 0 aliphatic heterocycles. The summed E-state index contributed by atoms with van der Waals surface area (Å²) in [6.45, 7) is 1.97. The van der Waals surface area contributed by atoms with Crippen LogP contribution >= 0.6 is 0 Å². The van der Waals surface area contributed by atoms with E-state index < -0.39 is 12.0 Å². The summed E-state index contributed by atoms with van der Waals surface area (Å²) in [5, 5.41) is 17.8. The quantitative estimate of drug-likeness (QED) is 0.389. The fraction of sp³-hybridized carbons (Fsp3) is 1.00. The monoisotopic (exact) mass is 148 g/mol. The fourth-order valence-electron chi connectivity index (χ4n) is 0.608. The topological polar surface area (TPSA) is 92.5 Å². The van der Waals surface area contributed by atoms with Crippen LogP contribution in [-0.4, -0.2) is 22.2 Å². The number of rotatable bonds is 4. The minimum Gasteiger partial charge on any atom is -0.374 e. The summed E-state index contributed by atoms with van der Waals surface area (Å²) in [6.07, 6.45) is 0.674. The van der Waals surface area contributed by atoms with E-state index in [1.165, 1.54) is 0 Å². The van der Waals surface area contributed by atoms with Crippen LogP contribution in [0.3, 0.4) is 0 Å². The Hall–Kier alpha value is -0.160. The maximum Gasteiger partial charge on any atom is 0.152 e. The zero-order chi connectivity index (χ0) is 8.20. The predicted octanol–water partition coefficient (Wildman–Crippen LogP) is -0.899. The molecule has 4 heteroatoms. The second kappa shape index (κ2) is 3.88. The Kier molecular flexibility index (Phi) is 3.81. The van der Waals surface area contributed by atoms with Gasteiger partial charge < -0.3 is 21.7 Å². The SMILES string of the molecule is CCCCC(N)(O)C(N)O. The van der Waals surface area contributed by atoms with Crippen molar-refractivity contribution in [2.24, 2.45) is 11.5 Å². The minimum atomic E-state index is -1.62. The van der Waals surface area contributed by atoms with E-state index in [-0.39, 0.29) is 0 Å². The number of aliphatic hydroxyl groups excluding tert-OH is 1. The van der Waals surface area contributed by atoms with Crippen LogP contribution in [0.15, 0.2) is 0 Å². The van der Waals surface area contributed by atoms with Crippen molar-refractivity contribution in [3.63, 3.8) is 0 Å². The highest BCUT2D eigenvalue weighted by molar-refractivity contribution is 4.74. The second-order valence-corrected chi connectivity index (χ2v) is 2.54. The molecule has 6 N–H and O–H groups in total. The van der Waals surface area contributed by atoms with E-state index in [2.05, 4.69) is 0 Å². The number of unbranched alkanes of at least 4 members (excludes halogenated alkanes) is 1. The summed E-state index contributed by atoms with van der Waals surface area (Å²) >= 11 is 0. The average molecular weight is 148 g/mol. The van der Waals surface area contributed by atoms with Crippen molar-refractivity contribution in [2.75, 3.05) is 0 Å². The smallest absolute Gasteiger partial charge is 0.152 e. The zero-order valence-electron chi connectivity index (χ0n) is 6.25. The molecule has 0 aromatic heterocycles. The molecule has 62 valence electrons. The van der Waals surface area contributed by atoms with Gasteiger partial charge >= 0.3 is 0 Å². The molecule has 0 fully saturated rings. The molecule has 0 rings (SSSR count). The third kappa shape index (κ3) is 3.12. The van der Waals surface area contributed by atoms with Gasteiger partial charge in [-0.1, -0.05) is 13.3 Å². The van der Waals surface area contributed by atoms with Gasteiger partial charge in [0.2, 0.25) is 0 Å². The van der Waals surface area contributed by atoms with Crippen molar-refractivity contribution < 1.29 is 10.2 Å². The van der Waals surface area contributed by atoms with Gasteiger partial charge in [0.05, 0.1) is 0 Å². The van der Waals surface area contributed by atoms with Gasteiger partial charge in [0.1, 0.15) is 6.23 Å². The Morgan fingerprint density at radius 1 is 1.60 bits per heavy atom. The number of hydrogen-bond acceptors (Lipinski definition) is 4. The van der Waals surface area contributed by atoms with Crippen LogP contribution in [0, 0.1) is 0 Å². The van der Waals surface area contributed by atoms with Crippen LogP contribution in [0.1, 0.15) is 26.2 Å². The van der Waals surface area contributed by atoms with E-state index in [0.29, 0.717) is 6.42 Å². The maximum absolute atomic E-state index is 9.13. The normalized spacial score (nSPS) is 20.1. The highest BCUT2D eigenvalue weighted by Gasteiger charge is 2.26. The Labute approximate surface area is 60.8 Å². The van der Waals surface area contributed by atoms with Gasteiger partial charge in [-0.15, -0.1) is 0 Å².